The molecule has 26 heavy (non-hydrogen) atoms. The molecule has 8 heteroatoms. The molecule has 3 rings (SSSR count). The number of anilines is 1. The van der Waals surface area contributed by atoms with Gasteiger partial charge in [0.2, 0.25) is 0 Å². The predicted molar refractivity (Wildman–Crippen MR) is 94.7 cm³/mol. The molecule has 0 amide bonds. The third-order valence-electron chi connectivity index (χ3n) is 3.97. The average molecular weight is 378 g/mol. The maximum Gasteiger partial charge on any atom is 0.264 e. The number of hydrogen-bond acceptors (Lipinski definition) is 3. The lowest BCUT2D eigenvalue weighted by atomic mass is 10.1. The zero-order valence-corrected chi connectivity index (χ0v) is 14.8. The molecule has 136 valence electrons. The van der Waals surface area contributed by atoms with Gasteiger partial charge in [-0.25, -0.2) is 17.2 Å². The minimum Gasteiger partial charge on any atom is -0.496 e. The Morgan fingerprint density at radius 3 is 2.46 bits per heavy atom. The Hall–Kier alpha value is -2.87. The van der Waals surface area contributed by atoms with E-state index in [9.17, 15) is 17.2 Å². The van der Waals surface area contributed by atoms with E-state index in [4.69, 9.17) is 4.74 Å². The standard InChI is InChI=1S/C18H16F2N2O3S/c1-22(17-7-5-12(19)10-15(17)20)26(23,24)13-6-8-18(25-2)14(11-13)16-4-3-9-21-16/h3-11,21H,1-2H3. The first kappa shape index (κ1) is 17.9. The zero-order valence-electron chi connectivity index (χ0n) is 14.0. The van der Waals surface area contributed by atoms with Gasteiger partial charge in [0.05, 0.1) is 17.7 Å². The molecule has 0 aliphatic rings. The zero-order chi connectivity index (χ0) is 18.9. The molecule has 0 saturated carbocycles. The van der Waals surface area contributed by atoms with Crippen LogP contribution >= 0.6 is 0 Å². The van der Waals surface area contributed by atoms with Gasteiger partial charge in [-0.1, -0.05) is 0 Å². The van der Waals surface area contributed by atoms with Gasteiger partial charge >= 0.3 is 0 Å². The monoisotopic (exact) mass is 378 g/mol. The van der Waals surface area contributed by atoms with E-state index in [2.05, 4.69) is 4.98 Å². The van der Waals surface area contributed by atoms with Gasteiger partial charge in [0.15, 0.2) is 0 Å². The molecule has 0 atom stereocenters. The van der Waals surface area contributed by atoms with Crippen LogP contribution in [-0.4, -0.2) is 27.6 Å². The van der Waals surface area contributed by atoms with Crippen molar-refractivity contribution < 1.29 is 21.9 Å². The van der Waals surface area contributed by atoms with Crippen molar-refractivity contribution in [1.82, 2.24) is 4.98 Å². The Morgan fingerprint density at radius 1 is 1.08 bits per heavy atom. The number of benzene rings is 2. The number of H-pyrrole nitrogens is 1. The number of aromatic amines is 1. The summed E-state index contributed by atoms with van der Waals surface area (Å²) in [5.41, 5.74) is 0.977. The topological polar surface area (TPSA) is 62.4 Å². The van der Waals surface area contributed by atoms with Crippen molar-refractivity contribution in [2.45, 2.75) is 4.90 Å². The summed E-state index contributed by atoms with van der Waals surface area (Å²) < 4.78 is 59.0. The van der Waals surface area contributed by atoms with Crippen LogP contribution in [0.1, 0.15) is 0 Å². The van der Waals surface area contributed by atoms with Gasteiger partial charge in [-0.05, 0) is 42.5 Å². The highest BCUT2D eigenvalue weighted by atomic mass is 32.2. The van der Waals surface area contributed by atoms with Crippen molar-refractivity contribution >= 4 is 15.7 Å². The van der Waals surface area contributed by atoms with Gasteiger partial charge in [-0.2, -0.15) is 0 Å². The summed E-state index contributed by atoms with van der Waals surface area (Å²) in [6, 6.07) is 10.6. The second-order valence-corrected chi connectivity index (χ2v) is 7.48. The fourth-order valence-corrected chi connectivity index (χ4v) is 3.81. The lowest BCUT2D eigenvalue weighted by molar-refractivity contribution is 0.416. The fourth-order valence-electron chi connectivity index (χ4n) is 2.58. The summed E-state index contributed by atoms with van der Waals surface area (Å²) in [5.74, 6) is -1.26. The molecule has 2 aromatic carbocycles. The summed E-state index contributed by atoms with van der Waals surface area (Å²) in [7, 11) is -1.37. The van der Waals surface area contributed by atoms with Gasteiger partial charge in [-0.15, -0.1) is 0 Å². The summed E-state index contributed by atoms with van der Waals surface area (Å²) in [4.78, 5) is 2.95. The van der Waals surface area contributed by atoms with Crippen molar-refractivity contribution in [2.75, 3.05) is 18.5 Å². The number of methoxy groups -OCH3 is 1. The second-order valence-electron chi connectivity index (χ2n) is 5.51. The van der Waals surface area contributed by atoms with Crippen LogP contribution in [0, 0.1) is 11.6 Å². The first-order chi connectivity index (χ1) is 12.3. The first-order valence-corrected chi connectivity index (χ1v) is 9.04. The number of ether oxygens (including phenoxy) is 1. The van der Waals surface area contributed by atoms with Crippen LogP contribution < -0.4 is 9.04 Å². The smallest absolute Gasteiger partial charge is 0.264 e. The lowest BCUT2D eigenvalue weighted by Gasteiger charge is -2.21. The van der Waals surface area contributed by atoms with E-state index in [1.54, 1.807) is 18.3 Å². The van der Waals surface area contributed by atoms with Gasteiger partial charge in [0.1, 0.15) is 17.4 Å². The quantitative estimate of drug-likeness (QED) is 0.735. The fraction of sp³-hybridized carbons (Fsp3) is 0.111. The van der Waals surface area contributed by atoms with Gasteiger partial charge < -0.3 is 9.72 Å². The minimum absolute atomic E-state index is 0.0471. The number of rotatable bonds is 5. The molecule has 0 radical (unpaired) electrons. The highest BCUT2D eigenvalue weighted by molar-refractivity contribution is 7.92. The highest BCUT2D eigenvalue weighted by Gasteiger charge is 2.25. The van der Waals surface area contributed by atoms with E-state index >= 15 is 0 Å². The summed E-state index contributed by atoms with van der Waals surface area (Å²) in [5, 5.41) is 0. The number of nitrogens with one attached hydrogen (secondary N) is 1. The normalized spacial score (nSPS) is 11.4. The van der Waals surface area contributed by atoms with Crippen molar-refractivity contribution in [3.63, 3.8) is 0 Å². The van der Waals surface area contributed by atoms with E-state index in [0.29, 0.717) is 23.1 Å². The number of aromatic nitrogens is 1. The van der Waals surface area contributed by atoms with Crippen LogP contribution in [0.3, 0.4) is 0 Å². The lowest BCUT2D eigenvalue weighted by Crippen LogP contribution is -2.27. The summed E-state index contributed by atoms with van der Waals surface area (Å²) in [6.45, 7) is 0. The molecule has 0 bridgehead atoms. The van der Waals surface area contributed by atoms with Crippen molar-refractivity contribution in [1.29, 1.82) is 0 Å². The maximum atomic E-state index is 14.0. The molecule has 0 unspecified atom stereocenters. The molecule has 0 spiro atoms. The molecular formula is C18H16F2N2O3S. The Labute approximate surface area is 149 Å². The van der Waals surface area contributed by atoms with Crippen LogP contribution in [0.5, 0.6) is 5.75 Å². The third-order valence-corrected chi connectivity index (χ3v) is 5.73. The number of nitrogens with zero attached hydrogens (tertiary/aromatic N) is 1. The van der Waals surface area contributed by atoms with E-state index in [0.717, 1.165) is 16.4 Å². The van der Waals surface area contributed by atoms with Crippen LogP contribution in [-0.2, 0) is 10.0 Å². The Bertz CT molecular complexity index is 1030. The van der Waals surface area contributed by atoms with Crippen LogP contribution in [0.4, 0.5) is 14.5 Å². The Morgan fingerprint density at radius 2 is 1.85 bits per heavy atom. The van der Waals surface area contributed by atoms with Crippen molar-refractivity contribution in [2.24, 2.45) is 0 Å². The molecule has 1 aromatic heterocycles. The van der Waals surface area contributed by atoms with Crippen molar-refractivity contribution in [3.8, 4) is 17.0 Å². The van der Waals surface area contributed by atoms with E-state index < -0.39 is 21.7 Å². The molecule has 0 aliphatic carbocycles. The number of hydrogen-bond donors (Lipinski definition) is 1. The molecule has 5 nitrogen and oxygen atoms in total. The van der Waals surface area contributed by atoms with Gasteiger partial charge in [-0.3, -0.25) is 4.31 Å². The largest absolute Gasteiger partial charge is 0.496 e. The van der Waals surface area contributed by atoms with Gasteiger partial charge in [0.25, 0.3) is 10.0 Å². The minimum atomic E-state index is -4.06. The Balaban J connectivity index is 2.08. The second kappa shape index (κ2) is 6.80. The number of sulfonamides is 1. The molecule has 1 heterocycles. The molecule has 1 N–H and O–H groups in total. The molecule has 0 aliphatic heterocycles. The molecule has 0 saturated heterocycles. The summed E-state index contributed by atoms with van der Waals surface area (Å²) >= 11 is 0. The van der Waals surface area contributed by atoms with Crippen LogP contribution in [0.25, 0.3) is 11.3 Å². The molecule has 0 fully saturated rings. The van der Waals surface area contributed by atoms with E-state index in [1.165, 1.54) is 32.4 Å². The van der Waals surface area contributed by atoms with E-state index in [1.807, 2.05) is 0 Å². The SMILES string of the molecule is COc1ccc(S(=O)(=O)N(C)c2ccc(F)cc2F)cc1-c1ccc[nH]1. The van der Waals surface area contributed by atoms with Gasteiger partial charge in [0, 0.05) is 30.6 Å². The van der Waals surface area contributed by atoms with Crippen LogP contribution in [0.2, 0.25) is 0 Å². The Kier molecular flexibility index (Phi) is 4.69. The number of halogens is 2. The first-order valence-electron chi connectivity index (χ1n) is 7.60. The third kappa shape index (κ3) is 3.15. The summed E-state index contributed by atoms with van der Waals surface area (Å²) in [6.07, 6.45) is 1.70. The molecular weight excluding hydrogens is 362 g/mol. The average Bonchev–Trinajstić information content (AvgIpc) is 3.15. The van der Waals surface area contributed by atoms with E-state index in [-0.39, 0.29) is 10.6 Å². The van der Waals surface area contributed by atoms with Crippen molar-refractivity contribution in [3.05, 3.63) is 66.4 Å². The highest BCUT2D eigenvalue weighted by Crippen LogP contribution is 2.33. The van der Waals surface area contributed by atoms with Crippen LogP contribution in [0.15, 0.2) is 59.6 Å². The molecule has 3 aromatic rings. The predicted octanol–water partition coefficient (Wildman–Crippen LogP) is 3.79. The maximum absolute atomic E-state index is 14.0.